The van der Waals surface area contributed by atoms with Crippen LogP contribution >= 0.6 is 0 Å². The molecule has 4 rings (SSSR count). The van der Waals surface area contributed by atoms with Gasteiger partial charge in [0, 0.05) is 41.9 Å². The van der Waals surface area contributed by atoms with Gasteiger partial charge in [-0.3, -0.25) is 9.59 Å². The minimum atomic E-state index is -0.741. The summed E-state index contributed by atoms with van der Waals surface area (Å²) in [6, 6.07) is 11.8. The number of aromatic amines is 1. The Bertz CT molecular complexity index is 1010. The van der Waals surface area contributed by atoms with Crippen molar-refractivity contribution in [2.45, 2.75) is 18.8 Å². The van der Waals surface area contributed by atoms with Crippen LogP contribution in [-0.2, 0) is 17.3 Å². The molecule has 5 heteroatoms. The van der Waals surface area contributed by atoms with Gasteiger partial charge in [0.25, 0.3) is 5.56 Å². The summed E-state index contributed by atoms with van der Waals surface area (Å²) in [6.07, 6.45) is 2.66. The van der Waals surface area contributed by atoms with E-state index in [-0.39, 0.29) is 11.5 Å². The molecular formula is C19H19N3O2. The van der Waals surface area contributed by atoms with Gasteiger partial charge in [-0.05, 0) is 43.2 Å². The summed E-state index contributed by atoms with van der Waals surface area (Å²) in [6.45, 7) is 2.44. The molecule has 1 saturated heterocycles. The van der Waals surface area contributed by atoms with Crippen molar-refractivity contribution in [3.63, 3.8) is 0 Å². The van der Waals surface area contributed by atoms with E-state index < -0.39 is 5.41 Å². The van der Waals surface area contributed by atoms with E-state index in [0.717, 1.165) is 22.2 Å². The van der Waals surface area contributed by atoms with Gasteiger partial charge < -0.3 is 14.9 Å². The third-order valence-corrected chi connectivity index (χ3v) is 5.11. The van der Waals surface area contributed by atoms with E-state index >= 15 is 0 Å². The van der Waals surface area contributed by atoms with Crippen molar-refractivity contribution < 1.29 is 4.79 Å². The number of hydrogen-bond acceptors (Lipinski definition) is 2. The number of H-pyrrole nitrogens is 1. The number of aromatic nitrogens is 2. The molecule has 24 heavy (non-hydrogen) atoms. The topological polar surface area (TPSA) is 66.9 Å². The van der Waals surface area contributed by atoms with Crippen LogP contribution in [0, 0.1) is 0 Å². The van der Waals surface area contributed by atoms with Gasteiger partial charge in [0.15, 0.2) is 0 Å². The number of fused-ring (bicyclic) bond motifs is 1. The van der Waals surface area contributed by atoms with E-state index in [2.05, 4.69) is 27.0 Å². The quantitative estimate of drug-likeness (QED) is 0.760. The molecule has 0 bridgehead atoms. The second kappa shape index (κ2) is 5.09. The van der Waals surface area contributed by atoms with E-state index in [9.17, 15) is 9.59 Å². The van der Waals surface area contributed by atoms with Crippen LogP contribution in [0.15, 0.2) is 47.4 Å². The van der Waals surface area contributed by atoms with Crippen LogP contribution in [0.1, 0.15) is 18.9 Å². The van der Waals surface area contributed by atoms with Gasteiger partial charge in [-0.2, -0.15) is 0 Å². The Morgan fingerprint density at radius 2 is 1.96 bits per heavy atom. The van der Waals surface area contributed by atoms with Gasteiger partial charge in [0.2, 0.25) is 5.91 Å². The first-order chi connectivity index (χ1) is 11.5. The summed E-state index contributed by atoms with van der Waals surface area (Å²) in [5.41, 5.74) is 2.46. The lowest BCUT2D eigenvalue weighted by Crippen LogP contribution is -2.37. The van der Waals surface area contributed by atoms with E-state index in [1.165, 1.54) is 0 Å². The van der Waals surface area contributed by atoms with Crippen LogP contribution in [-0.4, -0.2) is 22.0 Å². The normalized spacial score (nSPS) is 20.5. The van der Waals surface area contributed by atoms with Gasteiger partial charge in [0.1, 0.15) is 0 Å². The Kier molecular flexibility index (Phi) is 3.13. The van der Waals surface area contributed by atoms with Crippen molar-refractivity contribution in [2.75, 3.05) is 6.54 Å². The van der Waals surface area contributed by atoms with E-state index in [0.29, 0.717) is 18.5 Å². The zero-order valence-electron chi connectivity index (χ0n) is 13.7. The molecule has 3 aromatic rings. The van der Waals surface area contributed by atoms with Gasteiger partial charge in [0.05, 0.1) is 5.41 Å². The number of benzene rings is 1. The predicted octanol–water partition coefficient (Wildman–Crippen LogP) is 2.31. The molecule has 0 unspecified atom stereocenters. The van der Waals surface area contributed by atoms with Crippen molar-refractivity contribution in [1.29, 1.82) is 0 Å². The summed E-state index contributed by atoms with van der Waals surface area (Å²) in [5.74, 6) is -0.0774. The Morgan fingerprint density at radius 1 is 1.12 bits per heavy atom. The average Bonchev–Trinajstić information content (AvgIpc) is 3.11. The molecule has 2 aromatic heterocycles. The average molecular weight is 321 g/mol. The van der Waals surface area contributed by atoms with Crippen LogP contribution in [0.5, 0.6) is 0 Å². The highest BCUT2D eigenvalue weighted by atomic mass is 16.2. The first-order valence-electron chi connectivity index (χ1n) is 8.07. The molecule has 1 amide bonds. The van der Waals surface area contributed by atoms with Crippen molar-refractivity contribution in [3.8, 4) is 11.3 Å². The molecule has 2 N–H and O–H groups in total. The van der Waals surface area contributed by atoms with Crippen molar-refractivity contribution in [3.05, 3.63) is 58.5 Å². The number of aryl methyl sites for hydroxylation is 1. The highest BCUT2D eigenvalue weighted by molar-refractivity contribution is 5.90. The molecule has 5 nitrogen and oxygen atoms in total. The smallest absolute Gasteiger partial charge is 0.252 e. The molecule has 0 spiro atoms. The SMILES string of the molecule is Cn1ccc2cc(-c3ccc([C@]4(C)CCNC4=O)c(=O)[nH]3)ccc21. The molecular weight excluding hydrogens is 302 g/mol. The van der Waals surface area contributed by atoms with Crippen LogP contribution in [0.25, 0.3) is 22.2 Å². The third-order valence-electron chi connectivity index (χ3n) is 5.11. The maximum absolute atomic E-state index is 12.6. The van der Waals surface area contributed by atoms with Crippen molar-refractivity contribution >= 4 is 16.8 Å². The number of carbonyl (C=O) groups excluding carboxylic acids is 1. The fourth-order valence-corrected chi connectivity index (χ4v) is 3.52. The number of hydrogen-bond donors (Lipinski definition) is 2. The lowest BCUT2D eigenvalue weighted by atomic mass is 9.81. The zero-order valence-corrected chi connectivity index (χ0v) is 13.7. The third kappa shape index (κ3) is 2.08. The van der Waals surface area contributed by atoms with Gasteiger partial charge in [-0.25, -0.2) is 0 Å². The van der Waals surface area contributed by atoms with Crippen LogP contribution in [0.3, 0.4) is 0 Å². The maximum atomic E-state index is 12.6. The molecule has 1 aliphatic heterocycles. The van der Waals surface area contributed by atoms with Gasteiger partial charge >= 0.3 is 0 Å². The van der Waals surface area contributed by atoms with E-state index in [4.69, 9.17) is 0 Å². The molecule has 1 aliphatic rings. The summed E-state index contributed by atoms with van der Waals surface area (Å²) < 4.78 is 2.06. The lowest BCUT2D eigenvalue weighted by molar-refractivity contribution is -0.123. The zero-order chi connectivity index (χ0) is 16.9. The van der Waals surface area contributed by atoms with Crippen LogP contribution in [0.2, 0.25) is 0 Å². The monoisotopic (exact) mass is 321 g/mol. The Labute approximate surface area is 139 Å². The predicted molar refractivity (Wildman–Crippen MR) is 94.0 cm³/mol. The number of rotatable bonds is 2. The molecule has 0 aliphatic carbocycles. The van der Waals surface area contributed by atoms with E-state index in [1.54, 1.807) is 6.07 Å². The fraction of sp³-hybridized carbons (Fsp3) is 0.263. The van der Waals surface area contributed by atoms with Gasteiger partial charge in [-0.15, -0.1) is 0 Å². The molecule has 122 valence electrons. The highest BCUT2D eigenvalue weighted by Gasteiger charge is 2.41. The Balaban J connectivity index is 1.78. The minimum Gasteiger partial charge on any atom is -0.355 e. The standard InChI is InChI=1S/C19H19N3O2/c1-19(8-9-20-18(19)24)14-4-5-15(21-17(14)23)12-3-6-16-13(11-12)7-10-22(16)2/h3-7,10-11H,8-9H2,1-2H3,(H,20,24)(H,21,23)/t19-/m0/s1. The number of pyridine rings is 1. The number of amides is 1. The summed E-state index contributed by atoms with van der Waals surface area (Å²) in [5, 5.41) is 3.94. The minimum absolute atomic E-state index is 0.0774. The Hall–Kier alpha value is -2.82. The lowest BCUT2D eigenvalue weighted by Gasteiger charge is -2.20. The summed E-state index contributed by atoms with van der Waals surface area (Å²) >= 11 is 0. The van der Waals surface area contributed by atoms with Crippen molar-refractivity contribution in [2.24, 2.45) is 7.05 Å². The largest absolute Gasteiger partial charge is 0.355 e. The highest BCUT2D eigenvalue weighted by Crippen LogP contribution is 2.30. The molecule has 1 aromatic carbocycles. The van der Waals surface area contributed by atoms with Crippen LogP contribution in [0.4, 0.5) is 0 Å². The second-order valence-electron chi connectivity index (χ2n) is 6.65. The first-order valence-corrected chi connectivity index (χ1v) is 8.07. The number of carbonyl (C=O) groups is 1. The molecule has 1 fully saturated rings. The molecule has 1 atom stereocenters. The molecule has 3 heterocycles. The van der Waals surface area contributed by atoms with Gasteiger partial charge in [-0.1, -0.05) is 12.1 Å². The maximum Gasteiger partial charge on any atom is 0.252 e. The second-order valence-corrected chi connectivity index (χ2v) is 6.65. The molecule has 0 saturated carbocycles. The first kappa shape index (κ1) is 14.8. The van der Waals surface area contributed by atoms with Crippen molar-refractivity contribution in [1.82, 2.24) is 14.9 Å². The Morgan fingerprint density at radius 3 is 2.67 bits per heavy atom. The summed E-state index contributed by atoms with van der Waals surface area (Å²) in [4.78, 5) is 27.6. The number of nitrogens with zero attached hydrogens (tertiary/aromatic N) is 1. The fourth-order valence-electron chi connectivity index (χ4n) is 3.52. The summed E-state index contributed by atoms with van der Waals surface area (Å²) in [7, 11) is 2.01. The number of nitrogens with one attached hydrogen (secondary N) is 2. The molecule has 0 radical (unpaired) electrons. The van der Waals surface area contributed by atoms with E-state index in [1.807, 2.05) is 38.4 Å². The van der Waals surface area contributed by atoms with Crippen LogP contribution < -0.4 is 10.9 Å².